The van der Waals surface area contributed by atoms with Crippen LogP contribution < -0.4 is 4.74 Å². The summed E-state index contributed by atoms with van der Waals surface area (Å²) in [6.45, 7) is 10.6. The molecular weight excluding hydrogens is 300 g/mol. The molecule has 5 heteroatoms. The maximum absolute atomic E-state index is 5.57. The van der Waals surface area contributed by atoms with Crippen LogP contribution >= 0.6 is 11.8 Å². The van der Waals surface area contributed by atoms with Crippen molar-refractivity contribution in [2.24, 2.45) is 5.92 Å². The van der Waals surface area contributed by atoms with E-state index in [1.54, 1.807) is 14.2 Å². The molecule has 0 saturated carbocycles. The number of benzene rings is 1. The highest BCUT2D eigenvalue weighted by Crippen LogP contribution is 2.39. The van der Waals surface area contributed by atoms with Crippen molar-refractivity contribution in [3.63, 3.8) is 0 Å². The maximum atomic E-state index is 5.57. The molecule has 120 valence electrons. The van der Waals surface area contributed by atoms with E-state index in [-0.39, 0.29) is 0 Å². The molecule has 0 aliphatic carbocycles. The lowest BCUT2D eigenvalue weighted by molar-refractivity contribution is -0.0402. The van der Waals surface area contributed by atoms with Gasteiger partial charge in [-0.05, 0) is 18.1 Å². The van der Waals surface area contributed by atoms with Crippen LogP contribution in [0, 0.1) is 5.92 Å². The number of hydrogen-bond acceptors (Lipinski definition) is 4. The van der Waals surface area contributed by atoms with Gasteiger partial charge in [0.15, 0.2) is 0 Å². The average molecular weight is 329 g/mol. The first-order valence-corrected chi connectivity index (χ1v) is 11.7. The highest BCUT2D eigenvalue weighted by atomic mass is 32.2. The van der Waals surface area contributed by atoms with Crippen molar-refractivity contribution in [2.45, 2.75) is 36.3 Å². The predicted octanol–water partition coefficient (Wildman–Crippen LogP) is 4.29. The second-order valence-electron chi connectivity index (χ2n) is 6.31. The van der Waals surface area contributed by atoms with Gasteiger partial charge in [-0.2, -0.15) is 0 Å². The molecule has 0 saturated heterocycles. The standard InChI is InChI=1S/C16H28O3SSi/c1-13(11-19-12-17-2)16(21(4,5)6)20-15-10-8-7-9-14(15)18-3/h7-10,13,16H,11-12H2,1-6H3. The minimum absolute atomic E-state index is 0.363. The molecule has 0 aliphatic heterocycles. The lowest BCUT2D eigenvalue weighted by Gasteiger charge is -2.33. The van der Waals surface area contributed by atoms with E-state index in [0.29, 0.717) is 17.6 Å². The number of para-hydroxylation sites is 1. The third-order valence-electron chi connectivity index (χ3n) is 3.28. The van der Waals surface area contributed by atoms with Crippen LogP contribution in [0.3, 0.4) is 0 Å². The molecule has 0 radical (unpaired) electrons. The Morgan fingerprint density at radius 2 is 1.81 bits per heavy atom. The van der Waals surface area contributed by atoms with Crippen LogP contribution in [-0.2, 0) is 9.47 Å². The molecule has 0 aromatic heterocycles. The minimum Gasteiger partial charge on any atom is -0.496 e. The summed E-state index contributed by atoms with van der Waals surface area (Å²) in [4.78, 5) is 1.77. The molecule has 0 aliphatic rings. The van der Waals surface area contributed by atoms with E-state index >= 15 is 0 Å². The van der Waals surface area contributed by atoms with Crippen molar-refractivity contribution < 1.29 is 14.2 Å². The zero-order valence-electron chi connectivity index (χ0n) is 14.0. The topological polar surface area (TPSA) is 27.7 Å². The number of hydrogen-bond donors (Lipinski definition) is 0. The number of thioether (sulfide) groups is 1. The fraction of sp³-hybridized carbons (Fsp3) is 0.625. The van der Waals surface area contributed by atoms with E-state index in [2.05, 4.69) is 38.7 Å². The Bertz CT molecular complexity index is 420. The number of ether oxygens (including phenoxy) is 3. The zero-order chi connectivity index (χ0) is 15.9. The quantitative estimate of drug-likeness (QED) is 0.292. The molecule has 2 unspecified atom stereocenters. The molecule has 0 amide bonds. The van der Waals surface area contributed by atoms with E-state index in [0.717, 1.165) is 12.4 Å². The molecule has 1 aromatic rings. The van der Waals surface area contributed by atoms with Crippen molar-refractivity contribution in [1.29, 1.82) is 0 Å². The second-order valence-corrected chi connectivity index (χ2v) is 13.3. The van der Waals surface area contributed by atoms with Gasteiger partial charge in [0.1, 0.15) is 12.5 Å². The molecule has 1 aromatic carbocycles. The van der Waals surface area contributed by atoms with Crippen molar-refractivity contribution in [2.75, 3.05) is 27.6 Å². The first-order valence-electron chi connectivity index (χ1n) is 7.26. The lowest BCUT2D eigenvalue weighted by Crippen LogP contribution is -2.42. The molecule has 0 spiro atoms. The maximum Gasteiger partial charge on any atom is 0.146 e. The fourth-order valence-electron chi connectivity index (χ4n) is 2.40. The molecule has 3 nitrogen and oxygen atoms in total. The van der Waals surface area contributed by atoms with Gasteiger partial charge in [-0.25, -0.2) is 0 Å². The fourth-order valence-corrected chi connectivity index (χ4v) is 7.01. The smallest absolute Gasteiger partial charge is 0.146 e. The van der Waals surface area contributed by atoms with Crippen LogP contribution in [0.1, 0.15) is 6.92 Å². The Labute approximate surface area is 134 Å². The largest absolute Gasteiger partial charge is 0.496 e. The van der Waals surface area contributed by atoms with Crippen LogP contribution in [0.5, 0.6) is 5.75 Å². The van der Waals surface area contributed by atoms with E-state index in [4.69, 9.17) is 14.2 Å². The highest BCUT2D eigenvalue weighted by Gasteiger charge is 2.33. The van der Waals surface area contributed by atoms with Gasteiger partial charge in [0.25, 0.3) is 0 Å². The van der Waals surface area contributed by atoms with Crippen LogP contribution in [0.25, 0.3) is 0 Å². The first-order chi connectivity index (χ1) is 9.90. The van der Waals surface area contributed by atoms with Crippen molar-refractivity contribution in [3.8, 4) is 5.75 Å². The molecule has 21 heavy (non-hydrogen) atoms. The minimum atomic E-state index is -1.34. The van der Waals surface area contributed by atoms with Crippen molar-refractivity contribution >= 4 is 19.8 Å². The summed E-state index contributed by atoms with van der Waals surface area (Å²) in [5.41, 5.74) is 0. The third-order valence-corrected chi connectivity index (χ3v) is 9.34. The van der Waals surface area contributed by atoms with Crippen molar-refractivity contribution in [3.05, 3.63) is 24.3 Å². The van der Waals surface area contributed by atoms with Gasteiger partial charge >= 0.3 is 0 Å². The lowest BCUT2D eigenvalue weighted by atomic mass is 10.2. The monoisotopic (exact) mass is 328 g/mol. The normalized spacial score (nSPS) is 14.8. The molecule has 2 atom stereocenters. The van der Waals surface area contributed by atoms with Gasteiger partial charge in [0.05, 0.1) is 21.8 Å². The summed E-state index contributed by atoms with van der Waals surface area (Å²) >= 11 is 1.93. The van der Waals surface area contributed by atoms with E-state index in [1.165, 1.54) is 4.90 Å². The van der Waals surface area contributed by atoms with Crippen molar-refractivity contribution in [1.82, 2.24) is 0 Å². The summed E-state index contributed by atoms with van der Waals surface area (Å²) in [6.07, 6.45) is 0. The summed E-state index contributed by atoms with van der Waals surface area (Å²) in [5, 5.41) is 0. The number of rotatable bonds is 9. The summed E-state index contributed by atoms with van der Waals surface area (Å²) < 4.78 is 16.0. The average Bonchev–Trinajstić information content (AvgIpc) is 2.44. The van der Waals surface area contributed by atoms with Gasteiger partial charge < -0.3 is 14.2 Å². The Kier molecular flexibility index (Phi) is 7.80. The second kappa shape index (κ2) is 8.83. The molecule has 0 bridgehead atoms. The Balaban J connectivity index is 2.83. The predicted molar refractivity (Wildman–Crippen MR) is 93.0 cm³/mol. The van der Waals surface area contributed by atoms with Gasteiger partial charge in [0, 0.05) is 16.9 Å². The summed E-state index contributed by atoms with van der Waals surface area (Å²) in [7, 11) is 2.05. The molecule has 1 rings (SSSR count). The third kappa shape index (κ3) is 6.02. The highest BCUT2D eigenvalue weighted by molar-refractivity contribution is 8.01. The van der Waals surface area contributed by atoms with Gasteiger partial charge in [-0.1, -0.05) is 38.7 Å². The van der Waals surface area contributed by atoms with E-state index in [9.17, 15) is 0 Å². The van der Waals surface area contributed by atoms with Gasteiger partial charge in [0.2, 0.25) is 0 Å². The summed E-state index contributed by atoms with van der Waals surface area (Å²) in [5.74, 6) is 1.43. The molecule has 0 fully saturated rings. The Hall–Kier alpha value is -0.493. The molecular formula is C16H28O3SSi. The molecule has 0 N–H and O–H groups in total. The Morgan fingerprint density at radius 1 is 1.14 bits per heavy atom. The van der Waals surface area contributed by atoms with Gasteiger partial charge in [-0.15, -0.1) is 11.8 Å². The van der Waals surface area contributed by atoms with E-state index < -0.39 is 8.07 Å². The molecule has 0 heterocycles. The van der Waals surface area contributed by atoms with Crippen LogP contribution in [0.2, 0.25) is 19.6 Å². The van der Waals surface area contributed by atoms with E-state index in [1.807, 2.05) is 23.9 Å². The SMILES string of the molecule is COCOCC(C)C(Sc1ccccc1OC)[Si](C)(C)C. The van der Waals surface area contributed by atoms with Crippen LogP contribution in [0.15, 0.2) is 29.2 Å². The summed E-state index contributed by atoms with van der Waals surface area (Å²) in [6, 6.07) is 8.24. The Morgan fingerprint density at radius 3 is 2.38 bits per heavy atom. The zero-order valence-corrected chi connectivity index (χ0v) is 15.8. The number of methoxy groups -OCH3 is 2. The van der Waals surface area contributed by atoms with Crippen LogP contribution in [0.4, 0.5) is 0 Å². The van der Waals surface area contributed by atoms with Crippen LogP contribution in [-0.4, -0.2) is 40.6 Å². The first kappa shape index (κ1) is 18.6. The van der Waals surface area contributed by atoms with Gasteiger partial charge in [-0.3, -0.25) is 0 Å².